The van der Waals surface area contributed by atoms with E-state index in [2.05, 4.69) is 31.1 Å². The van der Waals surface area contributed by atoms with Crippen molar-refractivity contribution in [1.29, 1.82) is 0 Å². The number of nitrogens with two attached hydrogens (primary N) is 1. The van der Waals surface area contributed by atoms with Gasteiger partial charge in [-0.15, -0.1) is 23.1 Å². The summed E-state index contributed by atoms with van der Waals surface area (Å²) in [5, 5.41) is 6.23. The van der Waals surface area contributed by atoms with E-state index in [1.165, 1.54) is 11.3 Å². The first-order chi connectivity index (χ1) is 9.70. The van der Waals surface area contributed by atoms with Crippen LogP contribution < -0.4 is 5.73 Å². The number of nitrogen functional groups attached to an aromatic ring is 1. The molecule has 5 nitrogen and oxygen atoms in total. The highest BCUT2D eigenvalue weighted by molar-refractivity contribution is 9.10. The SMILES string of the molecule is Nc1nc(-c2nc(CSc3ccc(Br)cc3)no2)cs1. The van der Waals surface area contributed by atoms with E-state index in [0.717, 1.165) is 9.37 Å². The van der Waals surface area contributed by atoms with E-state index in [1.807, 2.05) is 24.3 Å². The fourth-order valence-corrected chi connectivity index (χ4v) is 3.02. The Kier molecular flexibility index (Phi) is 4.04. The highest BCUT2D eigenvalue weighted by Gasteiger charge is 2.12. The first kappa shape index (κ1) is 13.6. The minimum absolute atomic E-state index is 0.407. The van der Waals surface area contributed by atoms with Gasteiger partial charge in [0.1, 0.15) is 5.69 Å². The molecule has 0 unspecified atom stereocenters. The Bertz CT molecular complexity index is 710. The second-order valence-electron chi connectivity index (χ2n) is 3.83. The molecule has 0 spiro atoms. The number of hydrogen-bond donors (Lipinski definition) is 1. The van der Waals surface area contributed by atoms with Crippen LogP contribution in [0.1, 0.15) is 5.82 Å². The average molecular weight is 369 g/mol. The van der Waals surface area contributed by atoms with Crippen LogP contribution in [-0.2, 0) is 5.75 Å². The van der Waals surface area contributed by atoms with Gasteiger partial charge in [0.05, 0.1) is 5.75 Å². The predicted molar refractivity (Wildman–Crippen MR) is 83.5 cm³/mol. The maximum atomic E-state index is 5.58. The fraction of sp³-hybridized carbons (Fsp3) is 0.0833. The van der Waals surface area contributed by atoms with Crippen LogP contribution >= 0.6 is 39.0 Å². The standard InChI is InChI=1S/C12H9BrN4OS2/c13-7-1-3-8(4-2-7)19-6-10-16-11(18-17-10)9-5-20-12(14)15-9/h1-5H,6H2,(H2,14,15). The van der Waals surface area contributed by atoms with Crippen LogP contribution in [0.4, 0.5) is 5.13 Å². The zero-order chi connectivity index (χ0) is 13.9. The van der Waals surface area contributed by atoms with E-state index < -0.39 is 0 Å². The molecule has 0 aliphatic carbocycles. The van der Waals surface area contributed by atoms with Crippen molar-refractivity contribution in [3.05, 3.63) is 39.9 Å². The maximum absolute atomic E-state index is 5.58. The molecule has 2 aromatic heterocycles. The zero-order valence-electron chi connectivity index (χ0n) is 10.1. The maximum Gasteiger partial charge on any atom is 0.277 e. The summed E-state index contributed by atoms with van der Waals surface area (Å²) in [6.45, 7) is 0. The van der Waals surface area contributed by atoms with Crippen LogP contribution in [0.5, 0.6) is 0 Å². The van der Waals surface area contributed by atoms with E-state index in [1.54, 1.807) is 17.1 Å². The van der Waals surface area contributed by atoms with Crippen LogP contribution in [0.25, 0.3) is 11.6 Å². The van der Waals surface area contributed by atoms with Crippen LogP contribution in [0.2, 0.25) is 0 Å². The van der Waals surface area contributed by atoms with Crippen molar-refractivity contribution in [2.24, 2.45) is 0 Å². The van der Waals surface area contributed by atoms with Gasteiger partial charge < -0.3 is 10.3 Å². The highest BCUT2D eigenvalue weighted by Crippen LogP contribution is 2.25. The minimum atomic E-state index is 0.407. The quantitative estimate of drug-likeness (QED) is 0.705. The number of thiazole rings is 1. The Morgan fingerprint density at radius 3 is 2.75 bits per heavy atom. The second-order valence-corrected chi connectivity index (χ2v) is 6.68. The summed E-state index contributed by atoms with van der Waals surface area (Å²) >= 11 is 6.40. The van der Waals surface area contributed by atoms with Crippen molar-refractivity contribution < 1.29 is 4.52 Å². The predicted octanol–water partition coefficient (Wildman–Crippen LogP) is 3.83. The molecule has 0 aliphatic heterocycles. The molecule has 2 N–H and O–H groups in total. The molecule has 102 valence electrons. The third kappa shape index (κ3) is 3.20. The Labute approximate surface area is 131 Å². The van der Waals surface area contributed by atoms with Gasteiger partial charge in [-0.3, -0.25) is 0 Å². The molecular weight excluding hydrogens is 360 g/mol. The van der Waals surface area contributed by atoms with Gasteiger partial charge >= 0.3 is 0 Å². The highest BCUT2D eigenvalue weighted by atomic mass is 79.9. The summed E-state index contributed by atoms with van der Waals surface area (Å²) in [5.41, 5.74) is 6.20. The number of benzene rings is 1. The van der Waals surface area contributed by atoms with Gasteiger partial charge in [-0.1, -0.05) is 21.1 Å². The Balaban J connectivity index is 1.67. The molecule has 3 aromatic rings. The van der Waals surface area contributed by atoms with Gasteiger partial charge in [-0.2, -0.15) is 4.98 Å². The van der Waals surface area contributed by atoms with Crippen molar-refractivity contribution in [1.82, 2.24) is 15.1 Å². The van der Waals surface area contributed by atoms with Crippen LogP contribution in [0.3, 0.4) is 0 Å². The molecule has 1 aromatic carbocycles. The van der Waals surface area contributed by atoms with Crippen molar-refractivity contribution in [2.45, 2.75) is 10.6 Å². The van der Waals surface area contributed by atoms with Gasteiger partial charge in [0.25, 0.3) is 5.89 Å². The van der Waals surface area contributed by atoms with E-state index in [9.17, 15) is 0 Å². The lowest BCUT2D eigenvalue weighted by Gasteiger charge is -1.97. The van der Waals surface area contributed by atoms with Crippen molar-refractivity contribution in [3.8, 4) is 11.6 Å². The molecule has 20 heavy (non-hydrogen) atoms. The summed E-state index contributed by atoms with van der Waals surface area (Å²) < 4.78 is 6.24. The number of halogens is 1. The lowest BCUT2D eigenvalue weighted by atomic mass is 10.4. The van der Waals surface area contributed by atoms with Crippen molar-refractivity contribution in [2.75, 3.05) is 5.73 Å². The van der Waals surface area contributed by atoms with E-state index in [0.29, 0.717) is 28.3 Å². The molecule has 0 saturated carbocycles. The van der Waals surface area contributed by atoms with Crippen LogP contribution in [-0.4, -0.2) is 15.1 Å². The van der Waals surface area contributed by atoms with Gasteiger partial charge in [-0.25, -0.2) is 4.98 Å². The van der Waals surface area contributed by atoms with Crippen LogP contribution in [0.15, 0.2) is 43.5 Å². The number of aromatic nitrogens is 3. The normalized spacial score (nSPS) is 10.8. The third-order valence-corrected chi connectivity index (χ3v) is 4.60. The topological polar surface area (TPSA) is 77.8 Å². The smallest absolute Gasteiger partial charge is 0.277 e. The molecule has 8 heteroatoms. The lowest BCUT2D eigenvalue weighted by molar-refractivity contribution is 0.424. The minimum Gasteiger partial charge on any atom is -0.375 e. The van der Waals surface area contributed by atoms with E-state index in [-0.39, 0.29) is 0 Å². The molecular formula is C12H9BrN4OS2. The molecule has 0 atom stereocenters. The number of hydrogen-bond acceptors (Lipinski definition) is 7. The molecule has 0 fully saturated rings. The van der Waals surface area contributed by atoms with E-state index >= 15 is 0 Å². The number of anilines is 1. The zero-order valence-corrected chi connectivity index (χ0v) is 13.3. The molecule has 3 rings (SSSR count). The largest absolute Gasteiger partial charge is 0.375 e. The molecule has 0 radical (unpaired) electrons. The summed E-state index contributed by atoms with van der Waals surface area (Å²) in [6, 6.07) is 8.08. The van der Waals surface area contributed by atoms with Crippen molar-refractivity contribution in [3.63, 3.8) is 0 Å². The number of nitrogens with zero attached hydrogens (tertiary/aromatic N) is 3. The second kappa shape index (κ2) is 5.94. The van der Waals surface area contributed by atoms with Crippen molar-refractivity contribution >= 4 is 44.2 Å². The summed E-state index contributed by atoms with van der Waals surface area (Å²) in [5.74, 6) is 1.69. The lowest BCUT2D eigenvalue weighted by Crippen LogP contribution is -1.85. The summed E-state index contributed by atoms with van der Waals surface area (Å²) in [7, 11) is 0. The Morgan fingerprint density at radius 1 is 1.25 bits per heavy atom. The first-order valence-corrected chi connectivity index (χ1v) is 8.29. The third-order valence-electron chi connectivity index (χ3n) is 2.39. The molecule has 0 aliphatic rings. The van der Waals surface area contributed by atoms with Crippen LogP contribution in [0, 0.1) is 0 Å². The molecule has 0 bridgehead atoms. The Morgan fingerprint density at radius 2 is 2.05 bits per heavy atom. The van der Waals surface area contributed by atoms with Gasteiger partial charge in [0, 0.05) is 14.7 Å². The fourth-order valence-electron chi connectivity index (χ4n) is 1.48. The van der Waals surface area contributed by atoms with E-state index in [4.69, 9.17) is 10.3 Å². The van der Waals surface area contributed by atoms with Gasteiger partial charge in [0.2, 0.25) is 0 Å². The number of thioether (sulfide) groups is 1. The number of rotatable bonds is 4. The van der Waals surface area contributed by atoms with Gasteiger partial charge in [-0.05, 0) is 24.3 Å². The average Bonchev–Trinajstić information content (AvgIpc) is 3.07. The first-order valence-electron chi connectivity index (χ1n) is 5.63. The summed E-state index contributed by atoms with van der Waals surface area (Å²) in [4.78, 5) is 9.57. The summed E-state index contributed by atoms with van der Waals surface area (Å²) in [6.07, 6.45) is 0. The molecule has 0 saturated heterocycles. The Hall–Kier alpha value is -1.38. The monoisotopic (exact) mass is 368 g/mol. The molecule has 2 heterocycles. The molecule has 0 amide bonds. The van der Waals surface area contributed by atoms with Gasteiger partial charge in [0.15, 0.2) is 11.0 Å².